The molecule has 1 aromatic rings. The number of aliphatic hydroxyl groups is 1. The Morgan fingerprint density at radius 3 is 2.79 bits per heavy atom. The van der Waals surface area contributed by atoms with Crippen molar-refractivity contribution in [2.24, 2.45) is 0 Å². The second-order valence-corrected chi connectivity index (χ2v) is 3.53. The molecule has 0 amide bonds. The van der Waals surface area contributed by atoms with Gasteiger partial charge in [0.15, 0.2) is 0 Å². The lowest BCUT2D eigenvalue weighted by atomic mass is 10.4. The zero-order valence-corrected chi connectivity index (χ0v) is 9.19. The van der Waals surface area contributed by atoms with Crippen LogP contribution in [0.25, 0.3) is 0 Å². The highest BCUT2D eigenvalue weighted by Gasteiger charge is 2.22. The van der Waals surface area contributed by atoms with Crippen LogP contribution in [0.4, 0.5) is 5.69 Å². The van der Waals surface area contributed by atoms with Crippen molar-refractivity contribution in [2.75, 3.05) is 6.61 Å². The third-order valence-corrected chi connectivity index (χ3v) is 2.38. The first-order valence-corrected chi connectivity index (χ1v) is 4.85. The standard InChI is InChI=1S/C7H10BrN3O3/c1-5-6(11(13)14)7(8)9-10(5)3-2-4-12/h12H,2-4H2,1H3. The van der Waals surface area contributed by atoms with Gasteiger partial charge in [0.05, 0.1) is 4.92 Å². The first-order chi connectivity index (χ1) is 6.57. The number of rotatable bonds is 4. The SMILES string of the molecule is Cc1c([N+](=O)[O-])c(Br)nn1CCCO. The van der Waals surface area contributed by atoms with Crippen LogP contribution in [0.3, 0.4) is 0 Å². The van der Waals surface area contributed by atoms with Gasteiger partial charge in [-0.3, -0.25) is 14.8 Å². The minimum atomic E-state index is -0.470. The number of hydrogen-bond acceptors (Lipinski definition) is 4. The van der Waals surface area contributed by atoms with Gasteiger partial charge < -0.3 is 5.11 Å². The van der Waals surface area contributed by atoms with Gasteiger partial charge in [-0.1, -0.05) is 0 Å². The quantitative estimate of drug-likeness (QED) is 0.655. The van der Waals surface area contributed by atoms with Gasteiger partial charge in [0.2, 0.25) is 4.60 Å². The molecule has 1 N–H and O–H groups in total. The summed E-state index contributed by atoms with van der Waals surface area (Å²) in [6, 6.07) is 0. The second-order valence-electron chi connectivity index (χ2n) is 2.78. The van der Waals surface area contributed by atoms with Gasteiger partial charge in [0.1, 0.15) is 5.69 Å². The van der Waals surface area contributed by atoms with Gasteiger partial charge in [-0.05, 0) is 29.3 Å². The lowest BCUT2D eigenvalue weighted by Gasteiger charge is -2.00. The summed E-state index contributed by atoms with van der Waals surface area (Å²) in [6.07, 6.45) is 0.534. The average molecular weight is 264 g/mol. The summed E-state index contributed by atoms with van der Waals surface area (Å²) in [5.74, 6) is 0. The summed E-state index contributed by atoms with van der Waals surface area (Å²) in [7, 11) is 0. The maximum absolute atomic E-state index is 10.6. The maximum atomic E-state index is 10.6. The van der Waals surface area contributed by atoms with Crippen LogP contribution in [0, 0.1) is 17.0 Å². The number of aromatic nitrogens is 2. The van der Waals surface area contributed by atoms with Gasteiger partial charge in [-0.15, -0.1) is 0 Å². The molecule has 0 atom stereocenters. The molecule has 0 aromatic carbocycles. The molecule has 0 bridgehead atoms. The maximum Gasteiger partial charge on any atom is 0.324 e. The molecule has 0 aliphatic rings. The highest BCUT2D eigenvalue weighted by Crippen LogP contribution is 2.27. The number of nitro groups is 1. The Hall–Kier alpha value is -0.950. The smallest absolute Gasteiger partial charge is 0.324 e. The van der Waals surface area contributed by atoms with Crippen LogP contribution in [-0.4, -0.2) is 26.4 Å². The van der Waals surface area contributed by atoms with Crippen molar-refractivity contribution in [1.29, 1.82) is 0 Å². The van der Waals surface area contributed by atoms with E-state index in [1.165, 1.54) is 4.68 Å². The minimum Gasteiger partial charge on any atom is -0.396 e. The Labute approximate surface area is 88.8 Å². The van der Waals surface area contributed by atoms with Gasteiger partial charge in [-0.2, -0.15) is 5.10 Å². The fourth-order valence-electron chi connectivity index (χ4n) is 1.15. The summed E-state index contributed by atoms with van der Waals surface area (Å²) in [5.41, 5.74) is 0.485. The Kier molecular flexibility index (Phi) is 3.59. The first-order valence-electron chi connectivity index (χ1n) is 4.06. The lowest BCUT2D eigenvalue weighted by Crippen LogP contribution is -2.04. The first kappa shape index (κ1) is 11.1. The number of halogens is 1. The second kappa shape index (κ2) is 4.52. The predicted octanol–water partition coefficient (Wildman–Crippen LogP) is 1.24. The van der Waals surface area contributed by atoms with E-state index in [0.29, 0.717) is 18.7 Å². The molecule has 7 heteroatoms. The summed E-state index contributed by atoms with van der Waals surface area (Å²) < 4.78 is 1.75. The Morgan fingerprint density at radius 1 is 1.71 bits per heavy atom. The van der Waals surface area contributed by atoms with Crippen LogP contribution < -0.4 is 0 Å². The van der Waals surface area contributed by atoms with Gasteiger partial charge >= 0.3 is 5.69 Å². The van der Waals surface area contributed by atoms with E-state index in [1.807, 2.05) is 0 Å². The van der Waals surface area contributed by atoms with E-state index in [-0.39, 0.29) is 16.9 Å². The molecule has 0 saturated heterocycles. The largest absolute Gasteiger partial charge is 0.396 e. The summed E-state index contributed by atoms with van der Waals surface area (Å²) in [4.78, 5) is 10.1. The van der Waals surface area contributed by atoms with E-state index in [0.717, 1.165) is 0 Å². The average Bonchev–Trinajstić information content (AvgIpc) is 2.38. The molecule has 0 aliphatic heterocycles. The van der Waals surface area contributed by atoms with Crippen molar-refractivity contribution in [3.8, 4) is 0 Å². The topological polar surface area (TPSA) is 81.2 Å². The molecule has 6 nitrogen and oxygen atoms in total. The molecule has 0 fully saturated rings. The molecular formula is C7H10BrN3O3. The van der Waals surface area contributed by atoms with Crippen LogP contribution in [0.15, 0.2) is 4.60 Å². The van der Waals surface area contributed by atoms with Crippen molar-refractivity contribution in [3.05, 3.63) is 20.4 Å². The van der Waals surface area contributed by atoms with Gasteiger partial charge in [-0.25, -0.2) is 0 Å². The van der Waals surface area contributed by atoms with Crippen molar-refractivity contribution in [2.45, 2.75) is 19.9 Å². The normalized spacial score (nSPS) is 10.5. The predicted molar refractivity (Wildman–Crippen MR) is 53.0 cm³/mol. The summed E-state index contributed by atoms with van der Waals surface area (Å²) in [5, 5.41) is 23.2. The van der Waals surface area contributed by atoms with Crippen molar-refractivity contribution in [3.63, 3.8) is 0 Å². The fourth-order valence-corrected chi connectivity index (χ4v) is 1.77. The van der Waals surface area contributed by atoms with E-state index < -0.39 is 4.92 Å². The van der Waals surface area contributed by atoms with Crippen LogP contribution in [-0.2, 0) is 6.54 Å². The van der Waals surface area contributed by atoms with Crippen molar-refractivity contribution < 1.29 is 10.0 Å². The van der Waals surface area contributed by atoms with E-state index in [9.17, 15) is 10.1 Å². The summed E-state index contributed by atoms with van der Waals surface area (Å²) >= 11 is 3.02. The molecule has 1 rings (SSSR count). The molecule has 0 unspecified atom stereocenters. The molecule has 1 heterocycles. The third-order valence-electron chi connectivity index (χ3n) is 1.84. The van der Waals surface area contributed by atoms with Crippen LogP contribution in [0.5, 0.6) is 0 Å². The van der Waals surface area contributed by atoms with Crippen molar-refractivity contribution in [1.82, 2.24) is 9.78 Å². The van der Waals surface area contributed by atoms with Crippen molar-refractivity contribution >= 4 is 21.6 Å². The van der Waals surface area contributed by atoms with Gasteiger partial charge in [0, 0.05) is 13.2 Å². The number of nitrogens with zero attached hydrogens (tertiary/aromatic N) is 3. The third kappa shape index (κ3) is 2.10. The molecule has 0 aliphatic carbocycles. The summed E-state index contributed by atoms with van der Waals surface area (Å²) in [6.45, 7) is 2.16. The Bertz CT molecular complexity index is 350. The van der Waals surface area contributed by atoms with Crippen LogP contribution >= 0.6 is 15.9 Å². The van der Waals surface area contributed by atoms with Crippen LogP contribution in [0.1, 0.15) is 12.1 Å². The minimum absolute atomic E-state index is 0.0112. The fraction of sp³-hybridized carbons (Fsp3) is 0.571. The van der Waals surface area contributed by atoms with Crippen LogP contribution in [0.2, 0.25) is 0 Å². The Morgan fingerprint density at radius 2 is 2.36 bits per heavy atom. The highest BCUT2D eigenvalue weighted by atomic mass is 79.9. The molecule has 78 valence electrons. The monoisotopic (exact) mass is 263 g/mol. The highest BCUT2D eigenvalue weighted by molar-refractivity contribution is 9.10. The van der Waals surface area contributed by atoms with Gasteiger partial charge in [0.25, 0.3) is 0 Å². The number of hydrogen-bond donors (Lipinski definition) is 1. The zero-order chi connectivity index (χ0) is 10.7. The van der Waals surface area contributed by atoms with E-state index in [2.05, 4.69) is 21.0 Å². The van der Waals surface area contributed by atoms with E-state index >= 15 is 0 Å². The van der Waals surface area contributed by atoms with E-state index in [4.69, 9.17) is 5.11 Å². The molecule has 1 aromatic heterocycles. The molecule has 14 heavy (non-hydrogen) atoms. The zero-order valence-electron chi connectivity index (χ0n) is 7.60. The molecule has 0 radical (unpaired) electrons. The molecule has 0 spiro atoms. The van der Waals surface area contributed by atoms with E-state index in [1.54, 1.807) is 6.92 Å². The Balaban J connectivity index is 2.98. The lowest BCUT2D eigenvalue weighted by molar-refractivity contribution is -0.386. The number of aryl methyl sites for hydroxylation is 1. The molecular weight excluding hydrogens is 254 g/mol. The number of aliphatic hydroxyl groups excluding tert-OH is 1. The molecule has 0 saturated carbocycles.